The van der Waals surface area contributed by atoms with Crippen molar-refractivity contribution in [1.82, 2.24) is 14.9 Å². The lowest BCUT2D eigenvalue weighted by atomic mass is 10.2. The molecule has 0 spiro atoms. The summed E-state index contributed by atoms with van der Waals surface area (Å²) in [5, 5.41) is 11.4. The van der Waals surface area contributed by atoms with Crippen LogP contribution in [0.25, 0.3) is 0 Å². The van der Waals surface area contributed by atoms with Crippen LogP contribution < -0.4 is 9.47 Å². The minimum absolute atomic E-state index is 0.0182. The van der Waals surface area contributed by atoms with Gasteiger partial charge in [-0.25, -0.2) is 14.3 Å². The highest BCUT2D eigenvalue weighted by molar-refractivity contribution is 5.92. The zero-order valence-electron chi connectivity index (χ0n) is 14.7. The minimum atomic E-state index is -0.719. The molecule has 10 heteroatoms. The Balaban J connectivity index is 1.61. The molecule has 3 heterocycles. The van der Waals surface area contributed by atoms with Crippen LogP contribution in [0, 0.1) is 0 Å². The molecule has 0 saturated heterocycles. The molecule has 29 heavy (non-hydrogen) atoms. The van der Waals surface area contributed by atoms with Crippen molar-refractivity contribution >= 4 is 18.2 Å². The van der Waals surface area contributed by atoms with Crippen molar-refractivity contribution in [1.29, 1.82) is 0 Å². The number of hydrogen-bond acceptors (Lipinski definition) is 9. The maximum atomic E-state index is 12.3. The van der Waals surface area contributed by atoms with Gasteiger partial charge in [-0.15, -0.1) is 10.2 Å². The Labute approximate surface area is 163 Å². The molecular weight excluding hydrogens is 380 g/mol. The number of benzene rings is 1. The lowest BCUT2D eigenvalue weighted by Crippen LogP contribution is -2.10. The molecule has 0 atom stereocenters. The third kappa shape index (κ3) is 4.27. The fourth-order valence-electron chi connectivity index (χ4n) is 2.25. The monoisotopic (exact) mass is 392 g/mol. The summed E-state index contributed by atoms with van der Waals surface area (Å²) in [4.78, 5) is 24.4. The minimum Gasteiger partial charge on any atom is -0.457 e. The predicted molar refractivity (Wildman–Crippen MR) is 96.8 cm³/mol. The van der Waals surface area contributed by atoms with Crippen LogP contribution in [0.3, 0.4) is 0 Å². The molecule has 1 aromatic carbocycles. The van der Waals surface area contributed by atoms with E-state index < -0.39 is 11.9 Å². The van der Waals surface area contributed by atoms with Gasteiger partial charge in [-0.3, -0.25) is 0 Å². The van der Waals surface area contributed by atoms with Crippen LogP contribution >= 0.6 is 0 Å². The van der Waals surface area contributed by atoms with Crippen molar-refractivity contribution in [2.45, 2.75) is 0 Å². The van der Waals surface area contributed by atoms with E-state index in [9.17, 15) is 9.59 Å². The molecule has 4 rings (SSSR count). The number of carbonyl (C=O) groups is 2. The topological polar surface area (TPSA) is 122 Å². The Morgan fingerprint density at radius 3 is 2.21 bits per heavy atom. The number of nitrogens with zero attached hydrogens (tertiary/aromatic N) is 4. The summed E-state index contributed by atoms with van der Waals surface area (Å²) in [5.41, 5.74) is 0.441. The fourth-order valence-corrected chi connectivity index (χ4v) is 2.25. The van der Waals surface area contributed by atoms with E-state index in [1.165, 1.54) is 60.3 Å². The number of furan rings is 2. The molecule has 0 aliphatic rings. The van der Waals surface area contributed by atoms with Crippen LogP contribution in [-0.4, -0.2) is 33.0 Å². The van der Waals surface area contributed by atoms with E-state index in [0.717, 1.165) is 0 Å². The first kappa shape index (κ1) is 17.9. The van der Waals surface area contributed by atoms with Gasteiger partial charge in [-0.05, 0) is 36.4 Å². The standard InChI is InChI=1S/C19H12N4O6/c24-18(15-3-1-7-26-15)28-14-6-5-13(10-22-23-11-20-21-12-23)17(9-14)29-19(25)16-4-2-8-27-16/h1-12H. The van der Waals surface area contributed by atoms with Gasteiger partial charge in [0.1, 0.15) is 24.2 Å². The molecule has 0 radical (unpaired) electrons. The molecule has 0 fully saturated rings. The maximum Gasteiger partial charge on any atom is 0.379 e. The highest BCUT2D eigenvalue weighted by Gasteiger charge is 2.17. The predicted octanol–water partition coefficient (Wildman–Crippen LogP) is 2.78. The molecular formula is C19H12N4O6. The Hall–Kier alpha value is -4.47. The molecule has 0 amide bonds. The summed E-state index contributed by atoms with van der Waals surface area (Å²) >= 11 is 0. The summed E-state index contributed by atoms with van der Waals surface area (Å²) in [6.45, 7) is 0. The molecule has 10 nitrogen and oxygen atoms in total. The van der Waals surface area contributed by atoms with Gasteiger partial charge in [0, 0.05) is 11.6 Å². The molecule has 0 unspecified atom stereocenters. The largest absolute Gasteiger partial charge is 0.457 e. The lowest BCUT2D eigenvalue weighted by Gasteiger charge is -2.09. The number of esters is 2. The molecule has 0 N–H and O–H groups in total. The zero-order chi connectivity index (χ0) is 20.1. The van der Waals surface area contributed by atoms with E-state index in [-0.39, 0.29) is 23.0 Å². The summed E-state index contributed by atoms with van der Waals surface area (Å²) < 4.78 is 22.1. The van der Waals surface area contributed by atoms with E-state index in [2.05, 4.69) is 15.3 Å². The first-order valence-corrected chi connectivity index (χ1v) is 8.23. The number of aromatic nitrogens is 3. The Kier molecular flexibility index (Phi) is 4.97. The summed E-state index contributed by atoms with van der Waals surface area (Å²) in [7, 11) is 0. The third-order valence-corrected chi connectivity index (χ3v) is 3.58. The highest BCUT2D eigenvalue weighted by Crippen LogP contribution is 2.26. The van der Waals surface area contributed by atoms with Gasteiger partial charge in [0.05, 0.1) is 18.7 Å². The molecule has 3 aromatic heterocycles. The van der Waals surface area contributed by atoms with Gasteiger partial charge in [0.2, 0.25) is 11.5 Å². The van der Waals surface area contributed by atoms with E-state index in [4.69, 9.17) is 18.3 Å². The van der Waals surface area contributed by atoms with E-state index in [0.29, 0.717) is 5.56 Å². The van der Waals surface area contributed by atoms with E-state index in [1.54, 1.807) is 18.2 Å². The Morgan fingerprint density at radius 2 is 1.59 bits per heavy atom. The smallest absolute Gasteiger partial charge is 0.379 e. The van der Waals surface area contributed by atoms with Gasteiger partial charge >= 0.3 is 11.9 Å². The van der Waals surface area contributed by atoms with Crippen molar-refractivity contribution in [2.24, 2.45) is 5.10 Å². The number of hydrogen-bond donors (Lipinski definition) is 0. The average Bonchev–Trinajstić information content (AvgIpc) is 3.51. The Morgan fingerprint density at radius 1 is 0.931 bits per heavy atom. The van der Waals surface area contributed by atoms with E-state index >= 15 is 0 Å². The second-order valence-electron chi connectivity index (χ2n) is 5.52. The second-order valence-corrected chi connectivity index (χ2v) is 5.52. The summed E-state index contributed by atoms with van der Waals surface area (Å²) in [6, 6.07) is 10.6. The van der Waals surface area contributed by atoms with Crippen molar-refractivity contribution in [2.75, 3.05) is 0 Å². The SMILES string of the molecule is O=C(Oc1ccc(C=Nn2cnnc2)c(OC(=O)c2ccco2)c1)c1ccco1. The second kappa shape index (κ2) is 8.05. The normalized spacial score (nSPS) is 10.9. The Bertz CT molecular complexity index is 1130. The highest BCUT2D eigenvalue weighted by atomic mass is 16.6. The molecule has 4 aromatic rings. The zero-order valence-corrected chi connectivity index (χ0v) is 14.7. The summed E-state index contributed by atoms with van der Waals surface area (Å²) in [6.07, 6.45) is 6.94. The molecule has 0 saturated carbocycles. The van der Waals surface area contributed by atoms with Crippen LogP contribution in [-0.2, 0) is 0 Å². The lowest BCUT2D eigenvalue weighted by molar-refractivity contribution is 0.0698. The van der Waals surface area contributed by atoms with Crippen molar-refractivity contribution in [3.05, 3.63) is 84.7 Å². The number of carbonyl (C=O) groups excluding carboxylic acids is 2. The molecule has 144 valence electrons. The van der Waals surface area contributed by atoms with Crippen LogP contribution in [0.2, 0.25) is 0 Å². The maximum absolute atomic E-state index is 12.3. The van der Waals surface area contributed by atoms with Gasteiger partial charge in [-0.2, -0.15) is 5.10 Å². The summed E-state index contributed by atoms with van der Waals surface area (Å²) in [5.74, 6) is -1.10. The first-order chi connectivity index (χ1) is 14.2. The average molecular weight is 392 g/mol. The molecule has 0 aliphatic heterocycles. The van der Waals surface area contributed by atoms with Crippen LogP contribution in [0.1, 0.15) is 26.7 Å². The first-order valence-electron chi connectivity index (χ1n) is 8.23. The van der Waals surface area contributed by atoms with E-state index in [1.807, 2.05) is 0 Å². The molecule has 0 aliphatic carbocycles. The number of ether oxygens (including phenoxy) is 2. The van der Waals surface area contributed by atoms with Crippen molar-refractivity contribution < 1.29 is 27.9 Å². The van der Waals surface area contributed by atoms with Crippen LogP contribution in [0.4, 0.5) is 0 Å². The van der Waals surface area contributed by atoms with Gasteiger partial charge in [-0.1, -0.05) is 0 Å². The number of rotatable bonds is 6. The van der Waals surface area contributed by atoms with Gasteiger partial charge < -0.3 is 18.3 Å². The van der Waals surface area contributed by atoms with Crippen LogP contribution in [0.5, 0.6) is 11.5 Å². The van der Waals surface area contributed by atoms with Crippen molar-refractivity contribution in [3.8, 4) is 11.5 Å². The van der Waals surface area contributed by atoms with Crippen LogP contribution in [0.15, 0.2) is 81.6 Å². The third-order valence-electron chi connectivity index (χ3n) is 3.58. The molecule has 0 bridgehead atoms. The quantitative estimate of drug-likeness (QED) is 0.279. The van der Waals surface area contributed by atoms with Crippen molar-refractivity contribution in [3.63, 3.8) is 0 Å². The van der Waals surface area contributed by atoms with Gasteiger partial charge in [0.25, 0.3) is 0 Å². The fraction of sp³-hybridized carbons (Fsp3) is 0. The van der Waals surface area contributed by atoms with Gasteiger partial charge in [0.15, 0.2) is 0 Å².